The van der Waals surface area contributed by atoms with E-state index in [2.05, 4.69) is 5.32 Å². The number of carbonyl (C=O) groups excluding carboxylic acids is 1. The van der Waals surface area contributed by atoms with E-state index in [4.69, 9.17) is 0 Å². The fraction of sp³-hybridized carbons (Fsp3) is 0.533. The van der Waals surface area contributed by atoms with Crippen LogP contribution < -0.4 is 5.32 Å². The van der Waals surface area contributed by atoms with E-state index in [1.807, 2.05) is 6.92 Å². The van der Waals surface area contributed by atoms with E-state index in [0.29, 0.717) is 6.42 Å². The van der Waals surface area contributed by atoms with E-state index in [9.17, 15) is 9.90 Å². The normalized spacial score (nSPS) is 15.8. The third kappa shape index (κ3) is 3.49. The van der Waals surface area contributed by atoms with Crippen LogP contribution in [-0.4, -0.2) is 11.0 Å². The average Bonchev–Trinajstić information content (AvgIpc) is 2.84. The van der Waals surface area contributed by atoms with Crippen LogP contribution in [0, 0.1) is 12.8 Å². The maximum atomic E-state index is 11.8. The molecular weight excluding hydrogens is 226 g/mol. The van der Waals surface area contributed by atoms with Gasteiger partial charge in [0.15, 0.2) is 0 Å². The van der Waals surface area contributed by atoms with Gasteiger partial charge in [-0.1, -0.05) is 25.7 Å². The summed E-state index contributed by atoms with van der Waals surface area (Å²) in [7, 11) is 0. The molecule has 0 unspecified atom stereocenters. The van der Waals surface area contributed by atoms with Crippen LogP contribution in [0.1, 0.15) is 44.1 Å². The highest BCUT2D eigenvalue weighted by atomic mass is 16.3. The number of phenolic OH excluding ortho intramolecular Hbond substituents is 1. The predicted molar refractivity (Wildman–Crippen MR) is 72.7 cm³/mol. The molecule has 0 aromatic heterocycles. The Kier molecular flexibility index (Phi) is 4.24. The molecule has 0 heterocycles. The second kappa shape index (κ2) is 5.89. The number of phenols is 1. The minimum absolute atomic E-state index is 0.0759. The minimum Gasteiger partial charge on any atom is -0.508 e. The van der Waals surface area contributed by atoms with E-state index < -0.39 is 0 Å². The summed E-state index contributed by atoms with van der Waals surface area (Å²) in [5.74, 6) is 1.09. The molecule has 98 valence electrons. The first-order chi connectivity index (χ1) is 8.65. The van der Waals surface area contributed by atoms with Crippen molar-refractivity contribution in [3.05, 3.63) is 23.8 Å². The molecule has 0 atom stereocenters. The van der Waals surface area contributed by atoms with Crippen LogP contribution in [0.2, 0.25) is 0 Å². The van der Waals surface area contributed by atoms with Gasteiger partial charge in [0.2, 0.25) is 5.91 Å². The monoisotopic (exact) mass is 247 g/mol. The number of aryl methyl sites for hydroxylation is 1. The molecule has 3 heteroatoms. The van der Waals surface area contributed by atoms with Crippen molar-refractivity contribution in [2.75, 3.05) is 5.32 Å². The molecule has 2 rings (SSSR count). The largest absolute Gasteiger partial charge is 0.508 e. The lowest BCUT2D eigenvalue weighted by Crippen LogP contribution is -2.12. The van der Waals surface area contributed by atoms with Crippen LogP contribution in [0.15, 0.2) is 18.2 Å². The Labute approximate surface area is 108 Å². The molecule has 1 amide bonds. The zero-order valence-electron chi connectivity index (χ0n) is 10.9. The molecule has 0 radical (unpaired) electrons. The van der Waals surface area contributed by atoms with Gasteiger partial charge < -0.3 is 10.4 Å². The Morgan fingerprint density at radius 3 is 2.78 bits per heavy atom. The summed E-state index contributed by atoms with van der Waals surface area (Å²) in [6.07, 6.45) is 6.82. The molecule has 1 fully saturated rings. The Morgan fingerprint density at radius 1 is 1.39 bits per heavy atom. The van der Waals surface area contributed by atoms with Gasteiger partial charge in [-0.05, 0) is 43.0 Å². The molecule has 0 bridgehead atoms. The van der Waals surface area contributed by atoms with Gasteiger partial charge >= 0.3 is 0 Å². The Hall–Kier alpha value is -1.51. The zero-order valence-corrected chi connectivity index (χ0v) is 10.9. The lowest BCUT2D eigenvalue weighted by atomic mass is 10.0. The van der Waals surface area contributed by atoms with Gasteiger partial charge in [-0.2, -0.15) is 0 Å². The van der Waals surface area contributed by atoms with Crippen molar-refractivity contribution in [2.45, 2.75) is 45.4 Å². The Balaban J connectivity index is 1.80. The summed E-state index contributed by atoms with van der Waals surface area (Å²) in [5.41, 5.74) is 1.55. The third-order valence-corrected chi connectivity index (χ3v) is 3.73. The SMILES string of the molecule is Cc1cc(NC(=O)CCC2CCCC2)ccc1O. The highest BCUT2D eigenvalue weighted by molar-refractivity contribution is 5.90. The maximum Gasteiger partial charge on any atom is 0.224 e. The summed E-state index contributed by atoms with van der Waals surface area (Å²) >= 11 is 0. The molecule has 2 N–H and O–H groups in total. The molecule has 0 aliphatic heterocycles. The van der Waals surface area contributed by atoms with Gasteiger partial charge in [0.05, 0.1) is 0 Å². The van der Waals surface area contributed by atoms with E-state index in [1.54, 1.807) is 18.2 Å². The summed E-state index contributed by atoms with van der Waals surface area (Å²) < 4.78 is 0. The molecule has 18 heavy (non-hydrogen) atoms. The lowest BCUT2D eigenvalue weighted by Gasteiger charge is -2.10. The van der Waals surface area contributed by atoms with Gasteiger partial charge in [-0.15, -0.1) is 0 Å². The van der Waals surface area contributed by atoms with Crippen molar-refractivity contribution in [1.82, 2.24) is 0 Å². The topological polar surface area (TPSA) is 49.3 Å². The van der Waals surface area contributed by atoms with Crippen molar-refractivity contribution < 1.29 is 9.90 Å². The van der Waals surface area contributed by atoms with Gasteiger partial charge in [0, 0.05) is 12.1 Å². The zero-order chi connectivity index (χ0) is 13.0. The number of anilines is 1. The van der Waals surface area contributed by atoms with Gasteiger partial charge in [-0.3, -0.25) is 4.79 Å². The van der Waals surface area contributed by atoms with Crippen LogP contribution in [0.5, 0.6) is 5.75 Å². The smallest absolute Gasteiger partial charge is 0.224 e. The quantitative estimate of drug-likeness (QED) is 0.798. The van der Waals surface area contributed by atoms with Crippen molar-refractivity contribution >= 4 is 11.6 Å². The first-order valence-electron chi connectivity index (χ1n) is 6.74. The summed E-state index contributed by atoms with van der Waals surface area (Å²) in [4.78, 5) is 11.8. The number of rotatable bonds is 4. The number of hydrogen-bond donors (Lipinski definition) is 2. The van der Waals surface area contributed by atoms with Crippen LogP contribution in [0.3, 0.4) is 0 Å². The summed E-state index contributed by atoms with van der Waals surface area (Å²) in [6.45, 7) is 1.82. The van der Waals surface area contributed by atoms with Crippen LogP contribution in [-0.2, 0) is 4.79 Å². The Bertz CT molecular complexity index is 423. The van der Waals surface area contributed by atoms with Crippen LogP contribution >= 0.6 is 0 Å². The number of amides is 1. The van der Waals surface area contributed by atoms with Crippen LogP contribution in [0.4, 0.5) is 5.69 Å². The number of benzene rings is 1. The van der Waals surface area contributed by atoms with Crippen molar-refractivity contribution in [3.63, 3.8) is 0 Å². The standard InChI is InChI=1S/C15H21NO2/c1-11-10-13(7-8-14(11)17)16-15(18)9-6-12-4-2-3-5-12/h7-8,10,12,17H,2-6,9H2,1H3,(H,16,18). The molecular formula is C15H21NO2. The number of aromatic hydroxyl groups is 1. The fourth-order valence-corrected chi connectivity index (χ4v) is 2.59. The maximum absolute atomic E-state index is 11.8. The number of carbonyl (C=O) groups is 1. The molecule has 1 aliphatic rings. The summed E-state index contributed by atoms with van der Waals surface area (Å²) in [6, 6.07) is 5.14. The number of nitrogens with one attached hydrogen (secondary N) is 1. The van der Waals surface area contributed by atoms with E-state index in [1.165, 1.54) is 25.7 Å². The summed E-state index contributed by atoms with van der Waals surface area (Å²) in [5, 5.41) is 12.3. The molecule has 1 saturated carbocycles. The fourth-order valence-electron chi connectivity index (χ4n) is 2.59. The van der Waals surface area contributed by atoms with Gasteiger partial charge in [-0.25, -0.2) is 0 Å². The molecule has 1 aromatic rings. The highest BCUT2D eigenvalue weighted by Crippen LogP contribution is 2.28. The van der Waals surface area contributed by atoms with E-state index in [-0.39, 0.29) is 11.7 Å². The predicted octanol–water partition coefficient (Wildman–Crippen LogP) is 3.61. The minimum atomic E-state index is 0.0759. The molecule has 3 nitrogen and oxygen atoms in total. The first-order valence-corrected chi connectivity index (χ1v) is 6.74. The average molecular weight is 247 g/mol. The second-order valence-corrected chi connectivity index (χ2v) is 5.24. The highest BCUT2D eigenvalue weighted by Gasteiger charge is 2.16. The molecule has 0 saturated heterocycles. The van der Waals surface area contributed by atoms with Crippen molar-refractivity contribution in [2.24, 2.45) is 5.92 Å². The molecule has 0 spiro atoms. The first kappa shape index (κ1) is 12.9. The molecule has 1 aliphatic carbocycles. The van der Waals surface area contributed by atoms with Crippen molar-refractivity contribution in [1.29, 1.82) is 0 Å². The Morgan fingerprint density at radius 2 is 2.11 bits per heavy atom. The second-order valence-electron chi connectivity index (χ2n) is 5.24. The van der Waals surface area contributed by atoms with Gasteiger partial charge in [0.1, 0.15) is 5.75 Å². The lowest BCUT2D eigenvalue weighted by molar-refractivity contribution is -0.116. The van der Waals surface area contributed by atoms with E-state index in [0.717, 1.165) is 23.6 Å². The van der Waals surface area contributed by atoms with E-state index >= 15 is 0 Å². The van der Waals surface area contributed by atoms with Crippen LogP contribution in [0.25, 0.3) is 0 Å². The number of hydrogen-bond acceptors (Lipinski definition) is 2. The third-order valence-electron chi connectivity index (χ3n) is 3.73. The van der Waals surface area contributed by atoms with Gasteiger partial charge in [0.25, 0.3) is 0 Å². The van der Waals surface area contributed by atoms with Crippen molar-refractivity contribution in [3.8, 4) is 5.75 Å². The molecule has 1 aromatic carbocycles.